The minimum absolute atomic E-state index is 0.0426. The van der Waals surface area contributed by atoms with Crippen LogP contribution in [-0.4, -0.2) is 11.9 Å². The van der Waals surface area contributed by atoms with Gasteiger partial charge in [0.1, 0.15) is 0 Å². The molecule has 0 aliphatic rings. The molecule has 0 bridgehead atoms. The summed E-state index contributed by atoms with van der Waals surface area (Å²) in [6.45, 7) is 7.83. The van der Waals surface area contributed by atoms with Gasteiger partial charge in [-0.1, -0.05) is 48.8 Å². The normalized spacial score (nSPS) is 15.0. The molecule has 18 heavy (non-hydrogen) atoms. The zero-order valence-corrected chi connectivity index (χ0v) is 12.9. The van der Waals surface area contributed by atoms with Crippen LogP contribution in [0, 0.1) is 5.41 Å². The van der Waals surface area contributed by atoms with E-state index in [1.165, 1.54) is 0 Å². The Morgan fingerprint density at radius 3 is 2.22 bits per heavy atom. The molecule has 0 aromatic heterocycles. The molecule has 0 aliphatic heterocycles. The van der Waals surface area contributed by atoms with Crippen molar-refractivity contribution >= 4 is 21.8 Å². The van der Waals surface area contributed by atoms with Gasteiger partial charge in [-0.3, -0.25) is 4.79 Å². The van der Waals surface area contributed by atoms with Crippen LogP contribution in [0.25, 0.3) is 0 Å². The van der Waals surface area contributed by atoms with Crippen molar-refractivity contribution in [1.29, 1.82) is 0 Å². The monoisotopic (exact) mass is 312 g/mol. The lowest BCUT2D eigenvalue weighted by atomic mass is 9.86. The van der Waals surface area contributed by atoms with Gasteiger partial charge in [0.05, 0.1) is 12.1 Å². The summed E-state index contributed by atoms with van der Waals surface area (Å²) in [5, 5.41) is 2.94. The highest BCUT2D eigenvalue weighted by atomic mass is 79.9. The number of hydrogen-bond donors (Lipinski definition) is 2. The van der Waals surface area contributed by atoms with Crippen LogP contribution in [0.2, 0.25) is 0 Å². The number of rotatable bonds is 3. The molecule has 4 heteroatoms. The number of amides is 1. The van der Waals surface area contributed by atoms with Gasteiger partial charge in [0.2, 0.25) is 5.91 Å². The summed E-state index contributed by atoms with van der Waals surface area (Å²) < 4.78 is 1.02. The summed E-state index contributed by atoms with van der Waals surface area (Å²) in [6.07, 6.45) is 0. The van der Waals surface area contributed by atoms with Crippen LogP contribution in [0.15, 0.2) is 28.7 Å². The summed E-state index contributed by atoms with van der Waals surface area (Å²) in [7, 11) is 0. The molecule has 1 amide bonds. The Balaban J connectivity index is 2.68. The highest BCUT2D eigenvalue weighted by Crippen LogP contribution is 2.20. The van der Waals surface area contributed by atoms with E-state index in [0.717, 1.165) is 10.0 Å². The molecule has 0 spiro atoms. The van der Waals surface area contributed by atoms with Gasteiger partial charge < -0.3 is 11.1 Å². The standard InChI is InChI=1S/C14H21BrN2O/c1-9(10-5-7-11(15)8-6-10)17-13(18)12(16)14(2,3)4/h5-9,12H,16H2,1-4H3,(H,17,18)/t9-,12?/m1/s1. The molecule has 1 aromatic carbocycles. The first-order valence-corrected chi connectivity index (χ1v) is 6.82. The third-order valence-electron chi connectivity index (χ3n) is 2.94. The van der Waals surface area contributed by atoms with Gasteiger partial charge in [-0.05, 0) is 30.0 Å². The largest absolute Gasteiger partial charge is 0.348 e. The molecular formula is C14H21BrN2O. The second kappa shape index (κ2) is 5.85. The Hall–Kier alpha value is -0.870. The first kappa shape index (κ1) is 15.2. The van der Waals surface area contributed by atoms with Crippen molar-refractivity contribution < 1.29 is 4.79 Å². The minimum atomic E-state index is -0.504. The summed E-state index contributed by atoms with van der Waals surface area (Å²) in [5.41, 5.74) is 6.76. The predicted molar refractivity (Wildman–Crippen MR) is 78.1 cm³/mol. The highest BCUT2D eigenvalue weighted by Gasteiger charge is 2.28. The molecule has 0 aliphatic carbocycles. The zero-order chi connectivity index (χ0) is 13.9. The molecule has 1 unspecified atom stereocenters. The number of benzene rings is 1. The van der Waals surface area contributed by atoms with Crippen molar-refractivity contribution in [3.8, 4) is 0 Å². The van der Waals surface area contributed by atoms with Gasteiger partial charge in [0.25, 0.3) is 0 Å². The SMILES string of the molecule is C[C@@H](NC(=O)C(N)C(C)(C)C)c1ccc(Br)cc1. The lowest BCUT2D eigenvalue weighted by Crippen LogP contribution is -2.49. The Morgan fingerprint density at radius 1 is 1.28 bits per heavy atom. The molecule has 3 N–H and O–H groups in total. The molecule has 0 radical (unpaired) electrons. The van der Waals surface area contributed by atoms with Gasteiger partial charge in [0, 0.05) is 4.47 Å². The fraction of sp³-hybridized carbons (Fsp3) is 0.500. The van der Waals surface area contributed by atoms with Crippen molar-refractivity contribution in [3.63, 3.8) is 0 Å². The van der Waals surface area contributed by atoms with Gasteiger partial charge in [-0.2, -0.15) is 0 Å². The van der Waals surface area contributed by atoms with E-state index in [0.29, 0.717) is 0 Å². The second-order valence-electron chi connectivity index (χ2n) is 5.63. The van der Waals surface area contributed by atoms with E-state index < -0.39 is 6.04 Å². The van der Waals surface area contributed by atoms with Gasteiger partial charge in [-0.25, -0.2) is 0 Å². The first-order chi connectivity index (χ1) is 8.21. The average Bonchev–Trinajstić information content (AvgIpc) is 2.27. The molecule has 2 atom stereocenters. The molecule has 0 fully saturated rings. The maximum Gasteiger partial charge on any atom is 0.237 e. The van der Waals surface area contributed by atoms with E-state index >= 15 is 0 Å². The Morgan fingerprint density at radius 2 is 1.78 bits per heavy atom. The van der Waals surface area contributed by atoms with Crippen molar-refractivity contribution in [2.45, 2.75) is 39.8 Å². The summed E-state index contributed by atoms with van der Waals surface area (Å²) in [4.78, 5) is 12.0. The van der Waals surface area contributed by atoms with Gasteiger partial charge in [-0.15, -0.1) is 0 Å². The quantitative estimate of drug-likeness (QED) is 0.901. The summed E-state index contributed by atoms with van der Waals surface area (Å²) >= 11 is 3.39. The number of hydrogen-bond acceptors (Lipinski definition) is 2. The number of nitrogens with one attached hydrogen (secondary N) is 1. The van der Waals surface area contributed by atoms with E-state index in [2.05, 4.69) is 21.2 Å². The van der Waals surface area contributed by atoms with E-state index in [9.17, 15) is 4.79 Å². The second-order valence-corrected chi connectivity index (χ2v) is 6.54. The van der Waals surface area contributed by atoms with Crippen LogP contribution in [-0.2, 0) is 4.79 Å². The third kappa shape index (κ3) is 4.10. The fourth-order valence-electron chi connectivity index (χ4n) is 1.53. The zero-order valence-electron chi connectivity index (χ0n) is 11.3. The molecule has 1 aromatic rings. The molecule has 0 saturated carbocycles. The van der Waals surface area contributed by atoms with E-state index in [-0.39, 0.29) is 17.4 Å². The molecule has 1 rings (SSSR count). The number of carbonyl (C=O) groups is 1. The topological polar surface area (TPSA) is 55.1 Å². The Kier molecular flexibility index (Phi) is 4.93. The first-order valence-electron chi connectivity index (χ1n) is 6.03. The van der Waals surface area contributed by atoms with Crippen LogP contribution in [0.4, 0.5) is 0 Å². The molecule has 100 valence electrons. The van der Waals surface area contributed by atoms with Crippen molar-refractivity contribution in [2.24, 2.45) is 11.1 Å². The molecule has 0 heterocycles. The summed E-state index contributed by atoms with van der Waals surface area (Å²) in [5.74, 6) is -0.113. The van der Waals surface area contributed by atoms with E-state index in [4.69, 9.17) is 5.73 Å². The van der Waals surface area contributed by atoms with Gasteiger partial charge >= 0.3 is 0 Å². The van der Waals surface area contributed by atoms with Crippen molar-refractivity contribution in [1.82, 2.24) is 5.32 Å². The Bertz CT molecular complexity index is 409. The number of halogens is 1. The Labute approximate surface area is 117 Å². The average molecular weight is 313 g/mol. The van der Waals surface area contributed by atoms with E-state index in [1.54, 1.807) is 0 Å². The van der Waals surface area contributed by atoms with Crippen LogP contribution in [0.1, 0.15) is 39.3 Å². The maximum absolute atomic E-state index is 12.0. The summed E-state index contributed by atoms with van der Waals surface area (Å²) in [6, 6.07) is 7.34. The fourth-order valence-corrected chi connectivity index (χ4v) is 1.80. The van der Waals surface area contributed by atoms with Crippen LogP contribution in [0.3, 0.4) is 0 Å². The van der Waals surface area contributed by atoms with Crippen molar-refractivity contribution in [2.75, 3.05) is 0 Å². The lowest BCUT2D eigenvalue weighted by molar-refractivity contribution is -0.125. The molecule has 0 saturated heterocycles. The number of nitrogens with two attached hydrogens (primary N) is 1. The predicted octanol–water partition coefficient (Wildman–Crippen LogP) is 3.00. The minimum Gasteiger partial charge on any atom is -0.348 e. The van der Waals surface area contributed by atoms with E-state index in [1.807, 2.05) is 52.0 Å². The maximum atomic E-state index is 12.0. The highest BCUT2D eigenvalue weighted by molar-refractivity contribution is 9.10. The molecular weight excluding hydrogens is 292 g/mol. The number of carbonyl (C=O) groups excluding carboxylic acids is 1. The van der Waals surface area contributed by atoms with Gasteiger partial charge in [0.15, 0.2) is 0 Å². The van der Waals surface area contributed by atoms with Crippen molar-refractivity contribution in [3.05, 3.63) is 34.3 Å². The smallest absolute Gasteiger partial charge is 0.237 e. The van der Waals surface area contributed by atoms with Crippen LogP contribution >= 0.6 is 15.9 Å². The van der Waals surface area contributed by atoms with Crippen LogP contribution in [0.5, 0.6) is 0 Å². The third-order valence-corrected chi connectivity index (χ3v) is 3.47. The molecule has 3 nitrogen and oxygen atoms in total. The van der Waals surface area contributed by atoms with Crippen LogP contribution < -0.4 is 11.1 Å². The lowest BCUT2D eigenvalue weighted by Gasteiger charge is -2.27.